The third-order valence-corrected chi connectivity index (χ3v) is 1.40. The molecule has 0 bridgehead atoms. The van der Waals surface area contributed by atoms with Crippen LogP contribution >= 0.6 is 0 Å². The lowest BCUT2D eigenvalue weighted by atomic mass is 10.1. The minimum atomic E-state index is -2.74. The van der Waals surface area contributed by atoms with Crippen molar-refractivity contribution in [2.24, 2.45) is 0 Å². The van der Waals surface area contributed by atoms with E-state index in [9.17, 15) is 13.2 Å². The third-order valence-electron chi connectivity index (χ3n) is 1.40. The second-order valence-electron chi connectivity index (χ2n) is 2.16. The van der Waals surface area contributed by atoms with E-state index in [4.69, 9.17) is 5.11 Å². The Balaban J connectivity index is 3.11. The van der Waals surface area contributed by atoms with Gasteiger partial charge < -0.3 is 5.11 Å². The van der Waals surface area contributed by atoms with Crippen LogP contribution in [0, 0.1) is 5.95 Å². The van der Waals surface area contributed by atoms with E-state index in [1.807, 2.05) is 0 Å². The number of aliphatic hydroxyl groups excluding tert-OH is 1. The first-order valence-electron chi connectivity index (χ1n) is 3.18. The van der Waals surface area contributed by atoms with Crippen molar-refractivity contribution in [2.45, 2.75) is 13.0 Å². The Kier molecular flexibility index (Phi) is 2.65. The van der Waals surface area contributed by atoms with Crippen LogP contribution in [-0.4, -0.2) is 10.1 Å². The van der Waals surface area contributed by atoms with Gasteiger partial charge in [0.15, 0.2) is 0 Å². The molecular formula is C7H6F3NO. The maximum Gasteiger partial charge on any atom is 0.265 e. The summed E-state index contributed by atoms with van der Waals surface area (Å²) in [6.07, 6.45) is -2.01. The first kappa shape index (κ1) is 8.99. The molecule has 5 heteroatoms. The summed E-state index contributed by atoms with van der Waals surface area (Å²) in [7, 11) is 0. The molecule has 12 heavy (non-hydrogen) atoms. The summed E-state index contributed by atoms with van der Waals surface area (Å²) in [6.45, 7) is -0.612. The molecule has 0 aliphatic carbocycles. The maximum absolute atomic E-state index is 12.3. The lowest BCUT2D eigenvalue weighted by Crippen LogP contribution is -1.97. The molecule has 0 aromatic carbocycles. The molecule has 0 saturated heterocycles. The molecule has 2 nitrogen and oxygen atoms in total. The van der Waals surface area contributed by atoms with Crippen molar-refractivity contribution in [3.05, 3.63) is 29.3 Å². The van der Waals surface area contributed by atoms with E-state index in [0.29, 0.717) is 0 Å². The van der Waals surface area contributed by atoms with Crippen LogP contribution in [0.15, 0.2) is 12.3 Å². The SMILES string of the molecule is OCc1cc(F)ncc1C(F)F. The Bertz CT molecular complexity index is 277. The van der Waals surface area contributed by atoms with Crippen LogP contribution in [0.3, 0.4) is 0 Å². The summed E-state index contributed by atoms with van der Waals surface area (Å²) in [5, 5.41) is 8.56. The zero-order valence-corrected chi connectivity index (χ0v) is 5.97. The lowest BCUT2D eigenvalue weighted by Gasteiger charge is -2.04. The lowest BCUT2D eigenvalue weighted by molar-refractivity contribution is 0.146. The molecule has 0 saturated carbocycles. The quantitative estimate of drug-likeness (QED) is 0.696. The normalized spacial score (nSPS) is 10.8. The second-order valence-corrected chi connectivity index (χ2v) is 2.16. The van der Waals surface area contributed by atoms with E-state index in [2.05, 4.69) is 4.98 Å². The first-order chi connectivity index (χ1) is 5.65. The van der Waals surface area contributed by atoms with Crippen LogP contribution < -0.4 is 0 Å². The fourth-order valence-corrected chi connectivity index (χ4v) is 0.812. The van der Waals surface area contributed by atoms with Crippen LogP contribution in [0.5, 0.6) is 0 Å². The highest BCUT2D eigenvalue weighted by Gasteiger charge is 2.13. The number of nitrogens with zero attached hydrogens (tertiary/aromatic N) is 1. The molecule has 0 aliphatic heterocycles. The minimum absolute atomic E-state index is 0.127. The summed E-state index contributed by atoms with van der Waals surface area (Å²) in [5.74, 6) is -0.872. The molecule has 0 fully saturated rings. The molecule has 0 amide bonds. The fourth-order valence-electron chi connectivity index (χ4n) is 0.812. The first-order valence-corrected chi connectivity index (χ1v) is 3.18. The van der Waals surface area contributed by atoms with Crippen LogP contribution in [0.2, 0.25) is 0 Å². The molecule has 1 aromatic rings. The number of pyridine rings is 1. The highest BCUT2D eigenvalue weighted by molar-refractivity contribution is 5.23. The van der Waals surface area contributed by atoms with Crippen molar-refractivity contribution >= 4 is 0 Å². The number of halogens is 3. The molecule has 1 N–H and O–H groups in total. The maximum atomic E-state index is 12.3. The van der Waals surface area contributed by atoms with E-state index >= 15 is 0 Å². The van der Waals surface area contributed by atoms with Crippen molar-refractivity contribution in [1.29, 1.82) is 0 Å². The van der Waals surface area contributed by atoms with E-state index in [1.54, 1.807) is 0 Å². The smallest absolute Gasteiger partial charge is 0.265 e. The summed E-state index contributed by atoms with van der Waals surface area (Å²) in [4.78, 5) is 3.05. The molecule has 1 heterocycles. The van der Waals surface area contributed by atoms with Gasteiger partial charge in [0.25, 0.3) is 6.43 Å². The van der Waals surface area contributed by atoms with E-state index in [1.165, 1.54) is 0 Å². The number of hydrogen-bond donors (Lipinski definition) is 1. The zero-order valence-electron chi connectivity index (χ0n) is 5.97. The van der Waals surface area contributed by atoms with Gasteiger partial charge in [0.05, 0.1) is 6.61 Å². The minimum Gasteiger partial charge on any atom is -0.392 e. The molecule has 0 spiro atoms. The van der Waals surface area contributed by atoms with Gasteiger partial charge in [-0.1, -0.05) is 0 Å². The number of aliphatic hydroxyl groups is 1. The Labute approximate surface area is 66.7 Å². The summed E-state index contributed by atoms with van der Waals surface area (Å²) in [5.41, 5.74) is -0.559. The summed E-state index contributed by atoms with van der Waals surface area (Å²) < 4.78 is 36.5. The number of hydrogen-bond acceptors (Lipinski definition) is 2. The van der Waals surface area contributed by atoms with E-state index in [0.717, 1.165) is 12.3 Å². The summed E-state index contributed by atoms with van der Waals surface area (Å²) in [6, 6.07) is 0.793. The Morgan fingerprint density at radius 1 is 1.50 bits per heavy atom. The number of rotatable bonds is 2. The molecule has 0 atom stereocenters. The van der Waals surface area contributed by atoms with Gasteiger partial charge in [-0.2, -0.15) is 4.39 Å². The topological polar surface area (TPSA) is 33.1 Å². The van der Waals surface area contributed by atoms with Crippen LogP contribution in [0.1, 0.15) is 17.6 Å². The molecule has 1 rings (SSSR count). The van der Waals surface area contributed by atoms with Gasteiger partial charge in [0, 0.05) is 11.8 Å². The van der Waals surface area contributed by atoms with Crippen LogP contribution in [0.25, 0.3) is 0 Å². The van der Waals surface area contributed by atoms with Gasteiger partial charge in [-0.25, -0.2) is 13.8 Å². The predicted octanol–water partition coefficient (Wildman–Crippen LogP) is 1.65. The molecule has 0 unspecified atom stereocenters. The zero-order chi connectivity index (χ0) is 9.14. The van der Waals surface area contributed by atoms with Gasteiger partial charge in [-0.3, -0.25) is 0 Å². The molecular weight excluding hydrogens is 171 g/mol. The second kappa shape index (κ2) is 3.53. The van der Waals surface area contributed by atoms with Crippen molar-refractivity contribution in [3.8, 4) is 0 Å². The van der Waals surface area contributed by atoms with E-state index in [-0.39, 0.29) is 5.56 Å². The Morgan fingerprint density at radius 3 is 2.67 bits per heavy atom. The average molecular weight is 177 g/mol. The monoisotopic (exact) mass is 177 g/mol. The molecule has 0 radical (unpaired) electrons. The van der Waals surface area contributed by atoms with Crippen molar-refractivity contribution in [1.82, 2.24) is 4.98 Å². The highest BCUT2D eigenvalue weighted by Crippen LogP contribution is 2.22. The van der Waals surface area contributed by atoms with Gasteiger partial charge in [-0.15, -0.1) is 0 Å². The standard InChI is InChI=1S/C7H6F3NO/c8-6-1-4(3-12)5(2-11-6)7(9)10/h1-2,7,12H,3H2. The van der Waals surface area contributed by atoms with Crippen molar-refractivity contribution < 1.29 is 18.3 Å². The molecule has 66 valence electrons. The van der Waals surface area contributed by atoms with Gasteiger partial charge in [-0.05, 0) is 11.6 Å². The van der Waals surface area contributed by atoms with Gasteiger partial charge in [0.1, 0.15) is 0 Å². The largest absolute Gasteiger partial charge is 0.392 e. The van der Waals surface area contributed by atoms with Crippen molar-refractivity contribution in [2.75, 3.05) is 0 Å². The predicted molar refractivity (Wildman–Crippen MR) is 35.1 cm³/mol. The summed E-state index contributed by atoms with van der Waals surface area (Å²) >= 11 is 0. The van der Waals surface area contributed by atoms with Gasteiger partial charge in [0.2, 0.25) is 5.95 Å². The van der Waals surface area contributed by atoms with Crippen LogP contribution in [0.4, 0.5) is 13.2 Å². The Hall–Kier alpha value is -1.10. The van der Waals surface area contributed by atoms with E-state index < -0.39 is 24.5 Å². The molecule has 1 aromatic heterocycles. The van der Waals surface area contributed by atoms with Gasteiger partial charge >= 0.3 is 0 Å². The Morgan fingerprint density at radius 2 is 2.17 bits per heavy atom. The number of alkyl halides is 2. The average Bonchev–Trinajstić information content (AvgIpc) is 2.03. The number of aromatic nitrogens is 1. The third kappa shape index (κ3) is 1.73. The van der Waals surface area contributed by atoms with Crippen LogP contribution in [-0.2, 0) is 6.61 Å². The van der Waals surface area contributed by atoms with Crippen molar-refractivity contribution in [3.63, 3.8) is 0 Å². The highest BCUT2D eigenvalue weighted by atomic mass is 19.3. The fraction of sp³-hybridized carbons (Fsp3) is 0.286. The molecule has 0 aliphatic rings.